The molecule has 4 N–H and O–H groups in total. The van der Waals surface area contributed by atoms with E-state index in [-0.39, 0.29) is 5.91 Å². The molecule has 0 spiro atoms. The van der Waals surface area contributed by atoms with Gasteiger partial charge in [0.1, 0.15) is 5.75 Å². The van der Waals surface area contributed by atoms with Crippen LogP contribution in [0, 0.1) is 0 Å². The lowest BCUT2D eigenvalue weighted by atomic mass is 10.1. The summed E-state index contributed by atoms with van der Waals surface area (Å²) >= 11 is 0. The number of carbonyl (C=O) groups is 2. The van der Waals surface area contributed by atoms with Crippen molar-refractivity contribution in [3.63, 3.8) is 0 Å². The van der Waals surface area contributed by atoms with Crippen molar-refractivity contribution in [1.29, 1.82) is 0 Å². The maximum Gasteiger partial charge on any atom is 0.341 e. The number of para-hydroxylation sites is 1. The van der Waals surface area contributed by atoms with Crippen molar-refractivity contribution in [2.24, 2.45) is 0 Å². The van der Waals surface area contributed by atoms with Gasteiger partial charge in [0.25, 0.3) is 5.91 Å². The number of anilines is 2. The molecular weight excluding hydrogens is 272 g/mol. The topological polar surface area (TPSA) is 102 Å². The summed E-state index contributed by atoms with van der Waals surface area (Å²) in [6.45, 7) is -0.441. The maximum absolute atomic E-state index is 12.1. The molecule has 2 rings (SSSR count). The van der Waals surface area contributed by atoms with Gasteiger partial charge in [0, 0.05) is 17.4 Å². The predicted octanol–water partition coefficient (Wildman–Crippen LogP) is 1.98. The summed E-state index contributed by atoms with van der Waals surface area (Å²) in [6, 6.07) is 13.2. The summed E-state index contributed by atoms with van der Waals surface area (Å²) in [5.41, 5.74) is 6.98. The number of carbonyl (C=O) groups excluding carboxylic acids is 1. The maximum atomic E-state index is 12.1. The number of hydrogen-bond donors (Lipinski definition) is 3. The van der Waals surface area contributed by atoms with E-state index in [9.17, 15) is 9.59 Å². The van der Waals surface area contributed by atoms with E-state index in [2.05, 4.69) is 5.32 Å². The molecule has 0 aliphatic heterocycles. The minimum absolute atomic E-state index is 0.344. The van der Waals surface area contributed by atoms with Crippen LogP contribution in [0.25, 0.3) is 0 Å². The van der Waals surface area contributed by atoms with E-state index in [0.717, 1.165) is 0 Å². The summed E-state index contributed by atoms with van der Waals surface area (Å²) in [6.07, 6.45) is 0. The van der Waals surface area contributed by atoms with Crippen molar-refractivity contribution in [3.8, 4) is 5.75 Å². The number of benzene rings is 2. The molecule has 0 unspecified atom stereocenters. The number of nitrogens with two attached hydrogens (primary N) is 1. The van der Waals surface area contributed by atoms with E-state index in [1.807, 2.05) is 0 Å². The Morgan fingerprint density at radius 2 is 1.90 bits per heavy atom. The number of carboxylic acids is 1. The highest BCUT2D eigenvalue weighted by molar-refractivity contribution is 6.07. The van der Waals surface area contributed by atoms with Gasteiger partial charge in [-0.2, -0.15) is 0 Å². The first-order chi connectivity index (χ1) is 10.1. The van der Waals surface area contributed by atoms with Crippen molar-refractivity contribution in [2.45, 2.75) is 0 Å². The zero-order chi connectivity index (χ0) is 15.2. The van der Waals surface area contributed by atoms with E-state index in [1.54, 1.807) is 48.5 Å². The lowest BCUT2D eigenvalue weighted by Crippen LogP contribution is -2.14. The minimum Gasteiger partial charge on any atom is -0.482 e. The largest absolute Gasteiger partial charge is 0.482 e. The van der Waals surface area contributed by atoms with Gasteiger partial charge in [-0.05, 0) is 24.3 Å². The van der Waals surface area contributed by atoms with Gasteiger partial charge in [-0.15, -0.1) is 0 Å². The highest BCUT2D eigenvalue weighted by Crippen LogP contribution is 2.19. The van der Waals surface area contributed by atoms with E-state index < -0.39 is 12.6 Å². The zero-order valence-corrected chi connectivity index (χ0v) is 11.1. The molecule has 0 atom stereocenters. The number of nitrogen functional groups attached to an aromatic ring is 1. The Morgan fingerprint density at radius 1 is 1.14 bits per heavy atom. The summed E-state index contributed by atoms with van der Waals surface area (Å²) in [7, 11) is 0. The molecule has 1 amide bonds. The number of nitrogens with one attached hydrogen (secondary N) is 1. The number of carboxylic acid groups (broad SMARTS) is 1. The van der Waals surface area contributed by atoms with Crippen LogP contribution in [0.3, 0.4) is 0 Å². The monoisotopic (exact) mass is 286 g/mol. The van der Waals surface area contributed by atoms with Gasteiger partial charge in [-0.25, -0.2) is 4.79 Å². The molecule has 0 saturated carbocycles. The fourth-order valence-electron chi connectivity index (χ4n) is 1.71. The Hall–Kier alpha value is -3.02. The van der Waals surface area contributed by atoms with Crippen LogP contribution in [0.15, 0.2) is 48.5 Å². The molecule has 0 radical (unpaired) electrons. The van der Waals surface area contributed by atoms with Gasteiger partial charge in [0.2, 0.25) is 0 Å². The fourth-order valence-corrected chi connectivity index (χ4v) is 1.71. The normalized spacial score (nSPS) is 9.90. The van der Waals surface area contributed by atoms with Crippen LogP contribution in [0.4, 0.5) is 11.4 Å². The van der Waals surface area contributed by atoms with Crippen LogP contribution in [-0.4, -0.2) is 23.6 Å². The highest BCUT2D eigenvalue weighted by atomic mass is 16.5. The standard InChI is InChI=1S/C15H14N2O4/c16-13-7-2-1-6-12(13)15(20)17-10-4-3-5-11(8-10)21-9-14(18)19/h1-8H,9,16H2,(H,17,20)(H,18,19). The zero-order valence-electron chi connectivity index (χ0n) is 11.1. The number of amides is 1. The molecule has 108 valence electrons. The van der Waals surface area contributed by atoms with Crippen molar-refractivity contribution >= 4 is 23.3 Å². The van der Waals surface area contributed by atoms with E-state index in [1.165, 1.54) is 0 Å². The molecule has 0 bridgehead atoms. The highest BCUT2D eigenvalue weighted by Gasteiger charge is 2.09. The van der Waals surface area contributed by atoms with E-state index >= 15 is 0 Å². The Labute approximate surface area is 121 Å². The molecule has 6 heteroatoms. The van der Waals surface area contributed by atoms with Gasteiger partial charge in [0.15, 0.2) is 6.61 Å². The van der Waals surface area contributed by atoms with E-state index in [0.29, 0.717) is 22.7 Å². The summed E-state index contributed by atoms with van der Waals surface area (Å²) in [5, 5.41) is 11.2. The first-order valence-corrected chi connectivity index (χ1v) is 6.17. The van der Waals surface area contributed by atoms with Crippen molar-refractivity contribution in [3.05, 3.63) is 54.1 Å². The molecule has 0 aliphatic rings. The Balaban J connectivity index is 2.09. The summed E-state index contributed by atoms with van der Waals surface area (Å²) < 4.78 is 5.04. The summed E-state index contributed by atoms with van der Waals surface area (Å²) in [4.78, 5) is 22.5. The van der Waals surface area contributed by atoms with Gasteiger partial charge in [-0.3, -0.25) is 4.79 Å². The van der Waals surface area contributed by atoms with Crippen LogP contribution in [0.2, 0.25) is 0 Å². The number of ether oxygens (including phenoxy) is 1. The van der Waals surface area contributed by atoms with Crippen molar-refractivity contribution < 1.29 is 19.4 Å². The molecule has 2 aromatic rings. The lowest BCUT2D eigenvalue weighted by molar-refractivity contribution is -0.139. The average molecular weight is 286 g/mol. The Bertz CT molecular complexity index is 670. The number of rotatable bonds is 5. The van der Waals surface area contributed by atoms with Crippen LogP contribution in [0.1, 0.15) is 10.4 Å². The fraction of sp³-hybridized carbons (Fsp3) is 0.0667. The molecule has 21 heavy (non-hydrogen) atoms. The van der Waals surface area contributed by atoms with Gasteiger partial charge >= 0.3 is 5.97 Å². The Kier molecular flexibility index (Phi) is 4.40. The van der Waals surface area contributed by atoms with Crippen LogP contribution in [0.5, 0.6) is 5.75 Å². The molecular formula is C15H14N2O4. The van der Waals surface area contributed by atoms with Crippen LogP contribution in [-0.2, 0) is 4.79 Å². The van der Waals surface area contributed by atoms with Crippen molar-refractivity contribution in [2.75, 3.05) is 17.7 Å². The molecule has 0 aromatic heterocycles. The minimum atomic E-state index is -1.07. The second kappa shape index (κ2) is 6.42. The molecule has 0 saturated heterocycles. The first kappa shape index (κ1) is 14.4. The molecule has 0 aliphatic carbocycles. The molecule has 2 aromatic carbocycles. The van der Waals surface area contributed by atoms with Crippen LogP contribution >= 0.6 is 0 Å². The van der Waals surface area contributed by atoms with Crippen molar-refractivity contribution in [1.82, 2.24) is 0 Å². The van der Waals surface area contributed by atoms with Gasteiger partial charge in [0.05, 0.1) is 5.56 Å². The molecule has 0 fully saturated rings. The lowest BCUT2D eigenvalue weighted by Gasteiger charge is -2.09. The van der Waals surface area contributed by atoms with Crippen LogP contribution < -0.4 is 15.8 Å². The predicted molar refractivity (Wildman–Crippen MR) is 78.4 cm³/mol. The number of hydrogen-bond acceptors (Lipinski definition) is 4. The first-order valence-electron chi connectivity index (χ1n) is 6.17. The average Bonchev–Trinajstić information content (AvgIpc) is 2.46. The third kappa shape index (κ3) is 3.97. The summed E-state index contributed by atoms with van der Waals surface area (Å²) in [5.74, 6) is -1.05. The number of aliphatic carboxylic acids is 1. The molecule has 6 nitrogen and oxygen atoms in total. The Morgan fingerprint density at radius 3 is 2.62 bits per heavy atom. The van der Waals surface area contributed by atoms with E-state index in [4.69, 9.17) is 15.6 Å². The third-order valence-corrected chi connectivity index (χ3v) is 2.66. The van der Waals surface area contributed by atoms with Gasteiger partial charge < -0.3 is 20.9 Å². The second-order valence-electron chi connectivity index (χ2n) is 4.25. The quantitative estimate of drug-likeness (QED) is 0.729. The second-order valence-corrected chi connectivity index (χ2v) is 4.25. The smallest absolute Gasteiger partial charge is 0.341 e. The van der Waals surface area contributed by atoms with Gasteiger partial charge in [-0.1, -0.05) is 18.2 Å². The molecule has 0 heterocycles. The SMILES string of the molecule is Nc1ccccc1C(=O)Nc1cccc(OCC(=O)O)c1. The third-order valence-electron chi connectivity index (χ3n) is 2.66.